The third-order valence-electron chi connectivity index (χ3n) is 2.86. The summed E-state index contributed by atoms with van der Waals surface area (Å²) in [6.45, 7) is 0.582. The zero-order chi connectivity index (χ0) is 12.5. The highest BCUT2D eigenvalue weighted by atomic mass is 35.5. The molecule has 1 aromatic carbocycles. The van der Waals surface area contributed by atoms with Crippen molar-refractivity contribution in [2.45, 2.75) is 6.54 Å². The maximum absolute atomic E-state index is 6.10. The first-order chi connectivity index (χ1) is 8.75. The Morgan fingerprint density at radius 2 is 2.06 bits per heavy atom. The summed E-state index contributed by atoms with van der Waals surface area (Å²) in [7, 11) is 0. The van der Waals surface area contributed by atoms with Crippen molar-refractivity contribution < 1.29 is 0 Å². The first kappa shape index (κ1) is 11.0. The molecule has 3 rings (SSSR count). The topological polar surface area (TPSA) is 56.7 Å². The number of nitrogen functional groups attached to an aromatic ring is 1. The summed E-state index contributed by atoms with van der Waals surface area (Å²) in [6, 6.07) is 9.75. The van der Waals surface area contributed by atoms with E-state index in [9.17, 15) is 0 Å². The van der Waals surface area contributed by atoms with Crippen LogP contribution < -0.4 is 5.73 Å². The molecule has 0 aliphatic heterocycles. The number of rotatable bonds is 2. The molecule has 0 saturated heterocycles. The quantitative estimate of drug-likeness (QED) is 0.769. The molecule has 2 heterocycles. The van der Waals surface area contributed by atoms with Crippen LogP contribution in [-0.2, 0) is 6.54 Å². The van der Waals surface area contributed by atoms with E-state index in [0.29, 0.717) is 17.4 Å². The van der Waals surface area contributed by atoms with E-state index in [4.69, 9.17) is 17.3 Å². The molecule has 0 saturated carbocycles. The molecule has 0 aliphatic carbocycles. The molecule has 90 valence electrons. The zero-order valence-corrected chi connectivity index (χ0v) is 10.3. The minimum absolute atomic E-state index is 0.538. The lowest BCUT2D eigenvalue weighted by molar-refractivity contribution is 0.715. The van der Waals surface area contributed by atoms with Crippen LogP contribution in [0.1, 0.15) is 5.56 Å². The van der Waals surface area contributed by atoms with Crippen molar-refractivity contribution in [3.05, 3.63) is 53.3 Å². The summed E-state index contributed by atoms with van der Waals surface area (Å²) in [5.74, 6) is 0.538. The number of nitrogens with zero attached hydrogens (tertiary/aromatic N) is 3. The molecule has 3 aromatic rings. The zero-order valence-electron chi connectivity index (χ0n) is 9.55. The van der Waals surface area contributed by atoms with Crippen molar-refractivity contribution in [2.24, 2.45) is 0 Å². The molecule has 5 heteroatoms. The fourth-order valence-corrected chi connectivity index (χ4v) is 2.15. The predicted octanol–water partition coefficient (Wildman–Crippen LogP) is 2.72. The van der Waals surface area contributed by atoms with E-state index < -0.39 is 0 Å². The second kappa shape index (κ2) is 4.31. The smallest absolute Gasteiger partial charge is 0.153 e. The molecule has 0 fully saturated rings. The molecule has 0 amide bonds. The molecular formula is C13H11ClN4. The molecule has 0 atom stereocenters. The van der Waals surface area contributed by atoms with Gasteiger partial charge in [-0.2, -0.15) is 5.10 Å². The summed E-state index contributed by atoms with van der Waals surface area (Å²) in [4.78, 5) is 3.97. The summed E-state index contributed by atoms with van der Waals surface area (Å²) in [5, 5.41) is 5.94. The van der Waals surface area contributed by atoms with Gasteiger partial charge in [0.2, 0.25) is 0 Å². The second-order valence-electron chi connectivity index (χ2n) is 4.03. The Hall–Kier alpha value is -2.07. The summed E-state index contributed by atoms with van der Waals surface area (Å²) in [5.41, 5.74) is 7.87. The van der Waals surface area contributed by atoms with Crippen molar-refractivity contribution in [1.82, 2.24) is 14.8 Å². The van der Waals surface area contributed by atoms with Gasteiger partial charge in [0, 0.05) is 17.8 Å². The summed E-state index contributed by atoms with van der Waals surface area (Å²) < 4.78 is 1.85. The van der Waals surface area contributed by atoms with Gasteiger partial charge in [0.25, 0.3) is 0 Å². The lowest BCUT2D eigenvalue weighted by atomic mass is 10.2. The number of para-hydroxylation sites is 1. The third kappa shape index (κ3) is 1.80. The number of anilines is 1. The van der Waals surface area contributed by atoms with E-state index in [1.165, 1.54) is 0 Å². The Bertz CT molecular complexity index is 705. The SMILES string of the molecule is Nc1nn(Cc2ccncc2Cl)c2ccccc12. The van der Waals surface area contributed by atoms with Gasteiger partial charge >= 0.3 is 0 Å². The van der Waals surface area contributed by atoms with Gasteiger partial charge in [-0.25, -0.2) is 0 Å². The van der Waals surface area contributed by atoms with Crippen LogP contribution in [0.5, 0.6) is 0 Å². The maximum atomic E-state index is 6.10. The highest BCUT2D eigenvalue weighted by molar-refractivity contribution is 6.31. The van der Waals surface area contributed by atoms with Gasteiger partial charge in [-0.05, 0) is 23.8 Å². The molecule has 0 aliphatic rings. The minimum atomic E-state index is 0.538. The van der Waals surface area contributed by atoms with Crippen molar-refractivity contribution in [3.8, 4) is 0 Å². The number of hydrogen-bond donors (Lipinski definition) is 1. The number of hydrogen-bond acceptors (Lipinski definition) is 3. The van der Waals surface area contributed by atoms with Gasteiger partial charge in [0.1, 0.15) is 0 Å². The van der Waals surface area contributed by atoms with E-state index in [0.717, 1.165) is 16.5 Å². The first-order valence-electron chi connectivity index (χ1n) is 5.55. The average Bonchev–Trinajstić information content (AvgIpc) is 2.70. The van der Waals surface area contributed by atoms with Gasteiger partial charge in [-0.1, -0.05) is 23.7 Å². The number of nitrogens with two attached hydrogens (primary N) is 1. The number of halogens is 1. The van der Waals surface area contributed by atoms with Crippen LogP contribution in [0.15, 0.2) is 42.7 Å². The van der Waals surface area contributed by atoms with E-state index in [2.05, 4.69) is 10.1 Å². The van der Waals surface area contributed by atoms with Gasteiger partial charge in [-0.3, -0.25) is 9.67 Å². The average molecular weight is 259 g/mol. The fraction of sp³-hybridized carbons (Fsp3) is 0.0769. The van der Waals surface area contributed by atoms with Crippen LogP contribution in [-0.4, -0.2) is 14.8 Å². The number of aromatic nitrogens is 3. The van der Waals surface area contributed by atoms with Crippen LogP contribution >= 0.6 is 11.6 Å². The minimum Gasteiger partial charge on any atom is -0.382 e. The van der Waals surface area contributed by atoms with Gasteiger partial charge in [0.15, 0.2) is 5.82 Å². The monoisotopic (exact) mass is 258 g/mol. The fourth-order valence-electron chi connectivity index (χ4n) is 1.97. The molecule has 0 unspecified atom stereocenters. The lowest BCUT2D eigenvalue weighted by Gasteiger charge is -2.05. The molecule has 0 bridgehead atoms. The Labute approximate surface area is 109 Å². The Kier molecular flexibility index (Phi) is 2.64. The van der Waals surface area contributed by atoms with Gasteiger partial charge in [-0.15, -0.1) is 0 Å². The molecule has 4 nitrogen and oxygen atoms in total. The van der Waals surface area contributed by atoms with Crippen LogP contribution in [0.3, 0.4) is 0 Å². The van der Waals surface area contributed by atoms with Crippen LogP contribution in [0, 0.1) is 0 Å². The van der Waals surface area contributed by atoms with Crippen molar-refractivity contribution in [2.75, 3.05) is 5.73 Å². The number of pyridine rings is 1. The second-order valence-corrected chi connectivity index (χ2v) is 4.43. The van der Waals surface area contributed by atoms with Crippen molar-refractivity contribution in [3.63, 3.8) is 0 Å². The highest BCUT2D eigenvalue weighted by Crippen LogP contribution is 2.22. The van der Waals surface area contributed by atoms with Gasteiger partial charge in [0.05, 0.1) is 17.1 Å². The third-order valence-corrected chi connectivity index (χ3v) is 3.20. The van der Waals surface area contributed by atoms with E-state index in [1.807, 2.05) is 35.0 Å². The van der Waals surface area contributed by atoms with Crippen molar-refractivity contribution in [1.29, 1.82) is 0 Å². The number of fused-ring (bicyclic) bond motifs is 1. The van der Waals surface area contributed by atoms with Crippen LogP contribution in [0.25, 0.3) is 10.9 Å². The molecular weight excluding hydrogens is 248 g/mol. The normalized spacial score (nSPS) is 10.9. The van der Waals surface area contributed by atoms with Crippen LogP contribution in [0.4, 0.5) is 5.82 Å². The summed E-state index contributed by atoms with van der Waals surface area (Å²) in [6.07, 6.45) is 3.35. The largest absolute Gasteiger partial charge is 0.382 e. The Morgan fingerprint density at radius 1 is 1.22 bits per heavy atom. The van der Waals surface area contributed by atoms with E-state index >= 15 is 0 Å². The van der Waals surface area contributed by atoms with Crippen LogP contribution in [0.2, 0.25) is 5.02 Å². The Balaban J connectivity index is 2.08. The van der Waals surface area contributed by atoms with Crippen molar-refractivity contribution >= 4 is 28.3 Å². The molecule has 0 radical (unpaired) electrons. The molecule has 2 aromatic heterocycles. The highest BCUT2D eigenvalue weighted by Gasteiger charge is 2.08. The lowest BCUT2D eigenvalue weighted by Crippen LogP contribution is -2.03. The van der Waals surface area contributed by atoms with E-state index in [1.54, 1.807) is 12.4 Å². The standard InChI is InChI=1S/C13H11ClN4/c14-11-7-16-6-5-9(11)8-18-12-4-2-1-3-10(12)13(15)17-18/h1-7H,8H2,(H2,15,17). The predicted molar refractivity (Wildman–Crippen MR) is 72.5 cm³/mol. The maximum Gasteiger partial charge on any atom is 0.153 e. The summed E-state index contributed by atoms with van der Waals surface area (Å²) >= 11 is 6.10. The number of benzene rings is 1. The molecule has 18 heavy (non-hydrogen) atoms. The molecule has 2 N–H and O–H groups in total. The van der Waals surface area contributed by atoms with E-state index in [-0.39, 0.29) is 0 Å². The molecule has 0 spiro atoms. The Morgan fingerprint density at radius 3 is 2.89 bits per heavy atom. The van der Waals surface area contributed by atoms with Gasteiger partial charge < -0.3 is 5.73 Å². The first-order valence-corrected chi connectivity index (χ1v) is 5.93.